The smallest absolute Gasteiger partial charge is 0.335 e. The second-order valence-corrected chi connectivity index (χ2v) is 8.34. The van der Waals surface area contributed by atoms with E-state index < -0.39 is 25.2 Å². The first-order valence-electron chi connectivity index (χ1n) is 12.3. The number of benzene rings is 2. The Morgan fingerprint density at radius 2 is 1.24 bits per heavy atom. The predicted molar refractivity (Wildman–Crippen MR) is 140 cm³/mol. The molecule has 0 aliphatic rings. The van der Waals surface area contributed by atoms with Gasteiger partial charge in [-0.2, -0.15) is 0 Å². The summed E-state index contributed by atoms with van der Waals surface area (Å²) < 4.78 is 21.6. The minimum absolute atomic E-state index is 0.0184. The lowest BCUT2D eigenvalue weighted by Crippen LogP contribution is -2.15. The first-order valence-corrected chi connectivity index (χ1v) is 12.3. The molecule has 2 rings (SSSR count). The van der Waals surface area contributed by atoms with Crippen molar-refractivity contribution in [3.8, 4) is 22.6 Å². The van der Waals surface area contributed by atoms with Crippen LogP contribution in [0.25, 0.3) is 11.1 Å². The molecule has 0 atom stereocenters. The lowest BCUT2D eigenvalue weighted by atomic mass is 10.0. The third-order valence-electron chi connectivity index (χ3n) is 5.37. The second-order valence-electron chi connectivity index (χ2n) is 8.34. The number of hydrogen-bond donors (Lipinski definition) is 2. The molecule has 2 aromatic rings. The summed E-state index contributed by atoms with van der Waals surface area (Å²) in [6.07, 6.45) is 4.57. The van der Waals surface area contributed by atoms with Gasteiger partial charge in [-0.1, -0.05) is 57.2 Å². The van der Waals surface area contributed by atoms with Gasteiger partial charge in [0.1, 0.15) is 37.9 Å². The van der Waals surface area contributed by atoms with Crippen molar-refractivity contribution in [3.63, 3.8) is 0 Å². The lowest BCUT2D eigenvalue weighted by molar-refractivity contribution is -0.141. The summed E-state index contributed by atoms with van der Waals surface area (Å²) in [4.78, 5) is 23.3. The third kappa shape index (κ3) is 10.5. The fourth-order valence-corrected chi connectivity index (χ4v) is 3.27. The number of rotatable bonds is 17. The number of aliphatic hydroxyl groups is 2. The van der Waals surface area contributed by atoms with E-state index in [1.54, 1.807) is 6.07 Å². The monoisotopic (exact) mass is 512 g/mol. The van der Waals surface area contributed by atoms with Crippen LogP contribution >= 0.6 is 0 Å². The van der Waals surface area contributed by atoms with Gasteiger partial charge in [0.25, 0.3) is 0 Å². The Kier molecular flexibility index (Phi) is 13.0. The molecule has 8 nitrogen and oxygen atoms in total. The molecule has 0 aliphatic carbocycles. The van der Waals surface area contributed by atoms with Crippen LogP contribution in [0.5, 0.6) is 11.5 Å². The first-order chi connectivity index (χ1) is 17.9. The Balaban J connectivity index is 2.08. The van der Waals surface area contributed by atoms with Crippen molar-refractivity contribution in [3.05, 3.63) is 72.3 Å². The molecule has 37 heavy (non-hydrogen) atoms. The minimum atomic E-state index is -0.679. The standard InChI is InChI=1S/C29H36O8/c1-4-5-6-7-23-8-10-24(11-9-23)25-16-26(34-12-14-36-28(32)21(2)19-30)18-27(17-25)35-13-15-37-29(33)22(3)20-31/h8-11,16-18,30-31H,2-7,12-15,19-20H2,1H3. The van der Waals surface area contributed by atoms with Crippen LogP contribution in [0.2, 0.25) is 0 Å². The average molecular weight is 513 g/mol. The molecule has 8 heteroatoms. The zero-order chi connectivity index (χ0) is 27.0. The van der Waals surface area contributed by atoms with Gasteiger partial charge in [0.2, 0.25) is 0 Å². The summed E-state index contributed by atoms with van der Waals surface area (Å²) >= 11 is 0. The molecular weight excluding hydrogens is 476 g/mol. The Morgan fingerprint density at radius 1 is 0.730 bits per heavy atom. The van der Waals surface area contributed by atoms with Gasteiger partial charge in [-0.05, 0) is 41.7 Å². The van der Waals surface area contributed by atoms with Gasteiger partial charge in [-0.15, -0.1) is 0 Å². The third-order valence-corrected chi connectivity index (χ3v) is 5.37. The SMILES string of the molecule is C=C(CO)C(=O)OCCOc1cc(OCCOC(=O)C(=C)CO)cc(-c2ccc(CCCCC)cc2)c1. The normalized spacial score (nSPS) is 10.5. The van der Waals surface area contributed by atoms with Gasteiger partial charge in [0, 0.05) is 6.07 Å². The van der Waals surface area contributed by atoms with Crippen molar-refractivity contribution in [1.82, 2.24) is 0 Å². The van der Waals surface area contributed by atoms with Crippen molar-refractivity contribution in [2.45, 2.75) is 32.6 Å². The van der Waals surface area contributed by atoms with Crippen LogP contribution in [0.15, 0.2) is 66.8 Å². The molecule has 0 unspecified atom stereocenters. The van der Waals surface area contributed by atoms with Crippen LogP contribution in [-0.2, 0) is 25.5 Å². The van der Waals surface area contributed by atoms with E-state index in [4.69, 9.17) is 29.2 Å². The highest BCUT2D eigenvalue weighted by Crippen LogP contribution is 2.30. The number of unbranched alkanes of at least 4 members (excludes halogenated alkanes) is 2. The Morgan fingerprint density at radius 3 is 1.70 bits per heavy atom. The lowest BCUT2D eigenvalue weighted by Gasteiger charge is -2.14. The molecule has 0 bridgehead atoms. The maximum absolute atomic E-state index is 11.6. The van der Waals surface area contributed by atoms with Crippen LogP contribution in [0, 0.1) is 0 Å². The van der Waals surface area contributed by atoms with Gasteiger partial charge >= 0.3 is 11.9 Å². The molecule has 0 fully saturated rings. The summed E-state index contributed by atoms with van der Waals surface area (Å²) in [5.74, 6) is -0.355. The van der Waals surface area contributed by atoms with E-state index >= 15 is 0 Å². The zero-order valence-corrected chi connectivity index (χ0v) is 21.4. The summed E-state index contributed by atoms with van der Waals surface area (Å²) in [6, 6.07) is 13.7. The predicted octanol–water partition coefficient (Wildman–Crippen LogP) is 4.03. The first kappa shape index (κ1) is 29.6. The number of carbonyl (C=O) groups is 2. The number of esters is 2. The fourth-order valence-electron chi connectivity index (χ4n) is 3.27. The highest BCUT2D eigenvalue weighted by atomic mass is 16.6. The summed E-state index contributed by atoms with van der Waals surface area (Å²) in [5.41, 5.74) is 3.06. The van der Waals surface area contributed by atoms with E-state index in [0.717, 1.165) is 24.0 Å². The highest BCUT2D eigenvalue weighted by molar-refractivity contribution is 5.88. The Hall–Kier alpha value is -3.62. The molecule has 200 valence electrons. The molecule has 0 aromatic heterocycles. The number of carbonyl (C=O) groups excluding carboxylic acids is 2. The van der Waals surface area contributed by atoms with Crippen molar-refractivity contribution in [1.29, 1.82) is 0 Å². The molecule has 0 radical (unpaired) electrons. The Bertz CT molecular complexity index is 988. The number of ether oxygens (including phenoxy) is 4. The van der Waals surface area contributed by atoms with E-state index in [1.807, 2.05) is 12.1 Å². The van der Waals surface area contributed by atoms with Crippen LogP contribution in [0.1, 0.15) is 31.7 Å². The van der Waals surface area contributed by atoms with E-state index in [-0.39, 0.29) is 37.6 Å². The molecule has 0 saturated heterocycles. The maximum atomic E-state index is 11.6. The second kappa shape index (κ2) is 16.2. The Labute approximate surface area is 218 Å². The molecule has 2 N–H and O–H groups in total. The largest absolute Gasteiger partial charge is 0.490 e. The summed E-state index contributed by atoms with van der Waals surface area (Å²) in [7, 11) is 0. The molecule has 0 amide bonds. The summed E-state index contributed by atoms with van der Waals surface area (Å²) in [6.45, 7) is 8.23. The maximum Gasteiger partial charge on any atom is 0.335 e. The van der Waals surface area contributed by atoms with Crippen molar-refractivity contribution >= 4 is 11.9 Å². The van der Waals surface area contributed by atoms with Crippen molar-refractivity contribution < 1.29 is 38.7 Å². The van der Waals surface area contributed by atoms with E-state index in [2.05, 4.69) is 44.3 Å². The van der Waals surface area contributed by atoms with Gasteiger partial charge < -0.3 is 29.2 Å². The molecule has 0 heterocycles. The van der Waals surface area contributed by atoms with E-state index in [1.165, 1.54) is 18.4 Å². The van der Waals surface area contributed by atoms with Gasteiger partial charge in [-0.25, -0.2) is 9.59 Å². The molecule has 0 spiro atoms. The fraction of sp³-hybridized carbons (Fsp3) is 0.379. The van der Waals surface area contributed by atoms with Crippen LogP contribution < -0.4 is 9.47 Å². The minimum Gasteiger partial charge on any atom is -0.490 e. The van der Waals surface area contributed by atoms with Gasteiger partial charge in [0.05, 0.1) is 24.4 Å². The molecule has 0 aliphatic heterocycles. The van der Waals surface area contributed by atoms with Gasteiger partial charge in [0.15, 0.2) is 0 Å². The van der Waals surface area contributed by atoms with E-state index in [0.29, 0.717) is 11.5 Å². The quantitative estimate of drug-likeness (QED) is 0.186. The van der Waals surface area contributed by atoms with Crippen LogP contribution in [-0.4, -0.2) is 61.8 Å². The molecular formula is C29H36O8. The highest BCUT2D eigenvalue weighted by Gasteiger charge is 2.10. The van der Waals surface area contributed by atoms with Crippen LogP contribution in [0.4, 0.5) is 0 Å². The van der Waals surface area contributed by atoms with E-state index in [9.17, 15) is 9.59 Å². The average Bonchev–Trinajstić information content (AvgIpc) is 2.92. The number of aryl methyl sites for hydroxylation is 1. The number of aliphatic hydroxyl groups excluding tert-OH is 2. The number of hydrogen-bond acceptors (Lipinski definition) is 8. The topological polar surface area (TPSA) is 112 Å². The van der Waals surface area contributed by atoms with Crippen molar-refractivity contribution in [2.75, 3.05) is 39.6 Å². The van der Waals surface area contributed by atoms with Crippen LogP contribution in [0.3, 0.4) is 0 Å². The zero-order valence-electron chi connectivity index (χ0n) is 21.4. The van der Waals surface area contributed by atoms with Gasteiger partial charge in [-0.3, -0.25) is 0 Å². The van der Waals surface area contributed by atoms with Crippen molar-refractivity contribution in [2.24, 2.45) is 0 Å². The molecule has 2 aromatic carbocycles. The summed E-state index contributed by atoms with van der Waals surface area (Å²) in [5, 5.41) is 17.9. The molecule has 0 saturated carbocycles.